The highest BCUT2D eigenvalue weighted by atomic mass is 32.2. The van der Waals surface area contributed by atoms with Crippen LogP contribution in [0.3, 0.4) is 0 Å². The van der Waals surface area contributed by atoms with Crippen molar-refractivity contribution in [2.45, 2.75) is 25.4 Å². The fraction of sp³-hybridized carbons (Fsp3) is 0.800. The summed E-state index contributed by atoms with van der Waals surface area (Å²) in [4.78, 5) is 0. The fourth-order valence-electron chi connectivity index (χ4n) is 0.879. The van der Waals surface area contributed by atoms with Gasteiger partial charge in [-0.3, -0.25) is 0 Å². The highest BCUT2D eigenvalue weighted by Gasteiger charge is 2.26. The van der Waals surface area contributed by atoms with Crippen molar-refractivity contribution in [1.82, 2.24) is 30.1 Å². The smallest absolute Gasteiger partial charge is 0.199 e. The molecule has 1 fully saturated rings. The van der Waals surface area contributed by atoms with Gasteiger partial charge in [0, 0.05) is 6.04 Å². The van der Waals surface area contributed by atoms with Crippen molar-refractivity contribution in [1.29, 1.82) is 0 Å². The van der Waals surface area contributed by atoms with Gasteiger partial charge in [-0.1, -0.05) is 5.21 Å². The van der Waals surface area contributed by atoms with Crippen LogP contribution >= 0.6 is 0 Å². The summed E-state index contributed by atoms with van der Waals surface area (Å²) >= 11 is 0. The quantitative estimate of drug-likeness (QED) is 0.544. The lowest BCUT2D eigenvalue weighted by Crippen LogP contribution is -2.37. The molecule has 0 unspecified atom stereocenters. The van der Waals surface area contributed by atoms with Crippen molar-refractivity contribution in [3.05, 3.63) is 5.82 Å². The van der Waals surface area contributed by atoms with Crippen LogP contribution < -0.4 is 9.44 Å². The average Bonchev–Trinajstić information content (AvgIpc) is 2.78. The highest BCUT2D eigenvalue weighted by Crippen LogP contribution is 2.19. The van der Waals surface area contributed by atoms with Gasteiger partial charge >= 0.3 is 0 Å². The van der Waals surface area contributed by atoms with Crippen molar-refractivity contribution in [2.75, 3.05) is 0 Å². The van der Waals surface area contributed by atoms with Crippen molar-refractivity contribution < 1.29 is 8.42 Å². The summed E-state index contributed by atoms with van der Waals surface area (Å²) < 4.78 is 27.3. The highest BCUT2D eigenvalue weighted by molar-refractivity contribution is 7.87. The number of nitrogens with one attached hydrogen (secondary N) is 3. The second-order valence-electron chi connectivity index (χ2n) is 3.04. The molecule has 1 saturated carbocycles. The van der Waals surface area contributed by atoms with E-state index in [1.54, 1.807) is 0 Å². The van der Waals surface area contributed by atoms with E-state index in [1.807, 2.05) is 0 Å². The molecule has 1 aromatic rings. The van der Waals surface area contributed by atoms with Crippen LogP contribution in [0.1, 0.15) is 18.7 Å². The van der Waals surface area contributed by atoms with Gasteiger partial charge in [-0.05, 0) is 12.8 Å². The van der Waals surface area contributed by atoms with Crippen molar-refractivity contribution in [3.8, 4) is 0 Å². The second-order valence-corrected chi connectivity index (χ2v) is 4.58. The van der Waals surface area contributed by atoms with Crippen LogP contribution in [0.2, 0.25) is 0 Å². The molecule has 78 valence electrons. The maximum Gasteiger partial charge on any atom is 0.277 e. The number of rotatable bonds is 5. The predicted octanol–water partition coefficient (Wildman–Crippen LogP) is -1.71. The lowest BCUT2D eigenvalue weighted by atomic mass is 10.7. The zero-order valence-corrected chi connectivity index (χ0v) is 8.08. The molecule has 1 aliphatic carbocycles. The molecule has 1 heterocycles. The van der Waals surface area contributed by atoms with Gasteiger partial charge in [-0.25, -0.2) is 0 Å². The third-order valence-corrected chi connectivity index (χ3v) is 2.88. The van der Waals surface area contributed by atoms with E-state index < -0.39 is 10.2 Å². The molecule has 0 aliphatic heterocycles. The first kappa shape index (κ1) is 9.49. The minimum atomic E-state index is -3.42. The first-order valence-corrected chi connectivity index (χ1v) is 5.63. The van der Waals surface area contributed by atoms with E-state index in [2.05, 4.69) is 30.1 Å². The number of H-pyrrole nitrogens is 1. The van der Waals surface area contributed by atoms with Gasteiger partial charge in [0.1, 0.15) is 0 Å². The molecule has 3 N–H and O–H groups in total. The number of hydrogen-bond acceptors (Lipinski definition) is 5. The van der Waals surface area contributed by atoms with Gasteiger partial charge in [0.2, 0.25) is 0 Å². The lowest BCUT2D eigenvalue weighted by molar-refractivity contribution is 0.563. The lowest BCUT2D eigenvalue weighted by Gasteiger charge is -2.04. The van der Waals surface area contributed by atoms with E-state index in [1.165, 1.54) is 0 Å². The van der Waals surface area contributed by atoms with Gasteiger partial charge in [-0.2, -0.15) is 23.1 Å². The zero-order valence-electron chi connectivity index (χ0n) is 7.27. The number of tetrazole rings is 1. The summed E-state index contributed by atoms with van der Waals surface area (Å²) in [6.07, 6.45) is 1.81. The molecule has 9 heteroatoms. The van der Waals surface area contributed by atoms with E-state index >= 15 is 0 Å². The fourth-order valence-corrected chi connectivity index (χ4v) is 1.96. The van der Waals surface area contributed by atoms with Crippen LogP contribution in [-0.4, -0.2) is 35.1 Å². The first-order chi connectivity index (χ1) is 6.66. The molecule has 0 saturated heterocycles. The van der Waals surface area contributed by atoms with E-state index in [4.69, 9.17) is 0 Å². The normalized spacial score (nSPS) is 17.1. The van der Waals surface area contributed by atoms with Crippen LogP contribution in [0, 0.1) is 0 Å². The molecule has 0 amide bonds. The SMILES string of the molecule is O=S(=O)(NCc1nn[nH]n1)NC1CC1. The van der Waals surface area contributed by atoms with Crippen LogP contribution in [0.15, 0.2) is 0 Å². The van der Waals surface area contributed by atoms with Crippen molar-refractivity contribution in [3.63, 3.8) is 0 Å². The summed E-state index contributed by atoms with van der Waals surface area (Å²) in [5, 5.41) is 12.8. The monoisotopic (exact) mass is 218 g/mol. The Morgan fingerprint density at radius 3 is 2.86 bits per heavy atom. The Kier molecular flexibility index (Phi) is 2.44. The molecule has 1 aliphatic rings. The predicted molar refractivity (Wildman–Crippen MR) is 46.1 cm³/mol. The summed E-state index contributed by atoms with van der Waals surface area (Å²) in [5.41, 5.74) is 0. The van der Waals surface area contributed by atoms with Crippen LogP contribution in [0.4, 0.5) is 0 Å². The zero-order chi connectivity index (χ0) is 10.0. The standard InChI is InChI=1S/C5H10N6O2S/c12-14(13,9-4-1-2-4)6-3-5-7-10-11-8-5/h4,6,9H,1-3H2,(H,7,8,10,11). The molecule has 0 radical (unpaired) electrons. The minimum absolute atomic E-state index is 0.0402. The third kappa shape index (κ3) is 2.72. The maximum atomic E-state index is 11.3. The van der Waals surface area contributed by atoms with Gasteiger partial charge < -0.3 is 0 Å². The topological polar surface area (TPSA) is 113 Å². The largest absolute Gasteiger partial charge is 0.277 e. The Balaban J connectivity index is 1.84. The Hall–Kier alpha value is -1.06. The summed E-state index contributed by atoms with van der Waals surface area (Å²) in [6.45, 7) is 0.0402. The van der Waals surface area contributed by atoms with Gasteiger partial charge in [-0.15, -0.1) is 10.2 Å². The molecule has 0 spiro atoms. The Bertz CT molecular complexity index is 382. The Morgan fingerprint density at radius 2 is 2.29 bits per heavy atom. The van der Waals surface area contributed by atoms with E-state index in [0.717, 1.165) is 12.8 Å². The van der Waals surface area contributed by atoms with Crippen molar-refractivity contribution >= 4 is 10.2 Å². The molecular weight excluding hydrogens is 208 g/mol. The van der Waals surface area contributed by atoms with Crippen molar-refractivity contribution in [2.24, 2.45) is 0 Å². The van der Waals surface area contributed by atoms with E-state index in [-0.39, 0.29) is 12.6 Å². The third-order valence-electron chi connectivity index (χ3n) is 1.71. The van der Waals surface area contributed by atoms with Crippen LogP contribution in [-0.2, 0) is 16.8 Å². The number of aromatic nitrogens is 4. The summed E-state index contributed by atoms with van der Waals surface area (Å²) in [7, 11) is -3.42. The first-order valence-electron chi connectivity index (χ1n) is 4.15. The molecule has 0 aromatic carbocycles. The average molecular weight is 218 g/mol. The number of nitrogens with zero attached hydrogens (tertiary/aromatic N) is 3. The second kappa shape index (κ2) is 3.59. The Labute approximate surface area is 80.7 Å². The molecule has 14 heavy (non-hydrogen) atoms. The molecule has 0 atom stereocenters. The molecule has 1 aromatic heterocycles. The van der Waals surface area contributed by atoms with Crippen LogP contribution in [0.5, 0.6) is 0 Å². The summed E-state index contributed by atoms with van der Waals surface area (Å²) in [5.74, 6) is 0.311. The molecular formula is C5H10N6O2S. The molecule has 0 bridgehead atoms. The van der Waals surface area contributed by atoms with Gasteiger partial charge in [0.05, 0.1) is 6.54 Å². The van der Waals surface area contributed by atoms with Gasteiger partial charge in [0.25, 0.3) is 10.2 Å². The van der Waals surface area contributed by atoms with E-state index in [0.29, 0.717) is 5.82 Å². The maximum absolute atomic E-state index is 11.3. The van der Waals surface area contributed by atoms with Gasteiger partial charge in [0.15, 0.2) is 5.82 Å². The number of hydrogen-bond donors (Lipinski definition) is 3. The summed E-state index contributed by atoms with van der Waals surface area (Å²) in [6, 6.07) is 0.0952. The number of aromatic amines is 1. The minimum Gasteiger partial charge on any atom is -0.199 e. The molecule has 8 nitrogen and oxygen atoms in total. The van der Waals surface area contributed by atoms with Crippen LogP contribution in [0.25, 0.3) is 0 Å². The Morgan fingerprint density at radius 1 is 1.50 bits per heavy atom. The molecule has 2 rings (SSSR count). The van der Waals surface area contributed by atoms with E-state index in [9.17, 15) is 8.42 Å².